The van der Waals surface area contributed by atoms with Crippen molar-refractivity contribution < 1.29 is 0 Å². The molecule has 0 radical (unpaired) electrons. The lowest BCUT2D eigenvalue weighted by atomic mass is 9.53. The highest BCUT2D eigenvalue weighted by Crippen LogP contribution is 2.48. The van der Waals surface area contributed by atoms with E-state index in [1.807, 2.05) is 0 Å². The lowest BCUT2D eigenvalue weighted by molar-refractivity contribution is -0.0965. The Morgan fingerprint density at radius 2 is 0.759 bits per heavy atom. The van der Waals surface area contributed by atoms with Crippen LogP contribution in [0.15, 0.2) is 0 Å². The highest BCUT2D eigenvalue weighted by Gasteiger charge is 2.80. The summed E-state index contributed by atoms with van der Waals surface area (Å²) in [6, 6.07) is 0. The molecular formula is C13H34N16. The van der Waals surface area contributed by atoms with Gasteiger partial charge in [0.1, 0.15) is 22.7 Å². The highest BCUT2D eigenvalue weighted by atomic mass is 15.4. The largest absolute Gasteiger partial charge is 0.395 e. The number of rotatable bonds is 2. The van der Waals surface area contributed by atoms with Crippen molar-refractivity contribution in [2.75, 3.05) is 34.0 Å². The van der Waals surface area contributed by atoms with E-state index in [0.717, 1.165) is 0 Å². The van der Waals surface area contributed by atoms with Crippen molar-refractivity contribution in [2.45, 2.75) is 40.8 Å². The molecule has 0 saturated heterocycles. The van der Waals surface area contributed by atoms with Crippen LogP contribution >= 0.6 is 0 Å². The molecule has 16 heteroatoms. The number of nitrogens with two attached hydrogens (primary N) is 15. The molecule has 0 aromatic heterocycles. The fourth-order valence-corrected chi connectivity index (χ4v) is 3.58. The Bertz CT molecular complexity index is 794. The third kappa shape index (κ3) is 2.20. The summed E-state index contributed by atoms with van der Waals surface area (Å²) in [5.41, 5.74) is 78.0. The van der Waals surface area contributed by atoms with Gasteiger partial charge in [-0.2, -0.15) is 0 Å². The molecule has 0 amide bonds. The molecule has 166 valence electrons. The van der Waals surface area contributed by atoms with Crippen molar-refractivity contribution in [3.05, 3.63) is 0 Å². The molecule has 0 heterocycles. The van der Waals surface area contributed by atoms with E-state index in [-0.39, 0.29) is 34.1 Å². The van der Waals surface area contributed by atoms with Gasteiger partial charge in [0, 0.05) is 0 Å². The topological polar surface area (TPSA) is 402 Å². The van der Waals surface area contributed by atoms with Gasteiger partial charge in [0.25, 0.3) is 0 Å². The molecule has 0 spiro atoms. The predicted octanol–water partition coefficient (Wildman–Crippen LogP) is -7.15. The van der Waals surface area contributed by atoms with Crippen LogP contribution in [0, 0.1) is 0 Å². The maximum absolute atomic E-state index is 6.48. The van der Waals surface area contributed by atoms with Gasteiger partial charge in [0.05, 0.1) is 39.7 Å². The van der Waals surface area contributed by atoms with Crippen LogP contribution in [0.5, 0.6) is 0 Å². The zero-order valence-corrected chi connectivity index (χ0v) is 16.2. The number of hydrogen-bond donors (Lipinski definition) is 16. The fraction of sp³-hybridized carbons (Fsp3) is 0.538. The minimum absolute atomic E-state index is 0.0488. The number of hydrogen-bond acceptors (Lipinski definition) is 16. The van der Waals surface area contributed by atoms with Crippen molar-refractivity contribution in [3.8, 4) is 0 Å². The van der Waals surface area contributed by atoms with Gasteiger partial charge in [-0.3, -0.25) is 0 Å². The normalized spacial score (nSPS) is 32.0. The molecule has 1 aliphatic carbocycles. The zero-order valence-electron chi connectivity index (χ0n) is 16.2. The Kier molecular flexibility index (Phi) is 4.43. The van der Waals surface area contributed by atoms with Crippen LogP contribution in [-0.2, 0) is 0 Å². The minimum Gasteiger partial charge on any atom is -0.395 e. The molecule has 2 rings (SSSR count). The van der Waals surface area contributed by atoms with Crippen LogP contribution in [0.2, 0.25) is 0 Å². The van der Waals surface area contributed by atoms with E-state index < -0.39 is 33.9 Å². The molecule has 16 nitrogen and oxygen atoms in total. The summed E-state index contributed by atoms with van der Waals surface area (Å²) in [6.07, 6.45) is 0. The average Bonchev–Trinajstić information content (AvgIpc) is 2.59. The van der Waals surface area contributed by atoms with Crippen molar-refractivity contribution in [2.24, 2.45) is 57.3 Å². The molecule has 1 aromatic rings. The average molecular weight is 415 g/mol. The number of anilines is 6. The second-order valence-electron chi connectivity index (χ2n) is 8.05. The molecule has 1 aliphatic rings. The molecule has 1 fully saturated rings. The molecular weight excluding hydrogens is 380 g/mol. The maximum Gasteiger partial charge on any atom is 0.156 e. The molecule has 0 unspecified atom stereocenters. The SMILES string of the molecule is CC1(N)C(N)(N)C(N)(N)C(N)(Nc2c(N)c(N)c(N)c(N)c2N)C(N)(N)C1(N)N. The van der Waals surface area contributed by atoms with Crippen molar-refractivity contribution in [1.29, 1.82) is 0 Å². The van der Waals surface area contributed by atoms with E-state index in [0.29, 0.717) is 0 Å². The van der Waals surface area contributed by atoms with E-state index >= 15 is 0 Å². The lowest BCUT2D eigenvalue weighted by Crippen LogP contribution is -3.12. The van der Waals surface area contributed by atoms with E-state index in [1.165, 1.54) is 6.92 Å². The molecule has 0 atom stereocenters. The lowest BCUT2D eigenvalue weighted by Gasteiger charge is -2.72. The summed E-state index contributed by atoms with van der Waals surface area (Å²) < 4.78 is 0. The third-order valence-electron chi connectivity index (χ3n) is 6.41. The molecule has 31 N–H and O–H groups in total. The first-order chi connectivity index (χ1) is 12.6. The highest BCUT2D eigenvalue weighted by molar-refractivity contribution is 6.03. The van der Waals surface area contributed by atoms with Gasteiger partial charge in [0.15, 0.2) is 5.66 Å². The Balaban J connectivity index is 2.88. The third-order valence-corrected chi connectivity index (χ3v) is 6.41. The van der Waals surface area contributed by atoms with Crippen molar-refractivity contribution >= 4 is 34.1 Å². The van der Waals surface area contributed by atoms with Crippen LogP contribution in [0.4, 0.5) is 34.1 Å². The summed E-state index contributed by atoms with van der Waals surface area (Å²) >= 11 is 0. The van der Waals surface area contributed by atoms with Crippen LogP contribution in [0.1, 0.15) is 6.92 Å². The van der Waals surface area contributed by atoms with Gasteiger partial charge in [-0.25, -0.2) is 0 Å². The Labute approximate surface area is 167 Å². The fourth-order valence-electron chi connectivity index (χ4n) is 3.58. The van der Waals surface area contributed by atoms with Crippen LogP contribution in [0.3, 0.4) is 0 Å². The van der Waals surface area contributed by atoms with E-state index in [4.69, 9.17) is 86.0 Å². The maximum atomic E-state index is 6.48. The molecule has 29 heavy (non-hydrogen) atoms. The monoisotopic (exact) mass is 414 g/mol. The number of benzene rings is 1. The van der Waals surface area contributed by atoms with Gasteiger partial charge < -0.3 is 91.3 Å². The molecule has 0 aliphatic heterocycles. The summed E-state index contributed by atoms with van der Waals surface area (Å²) in [6.45, 7) is 1.29. The zero-order chi connectivity index (χ0) is 23.2. The molecule has 1 aromatic carbocycles. The minimum atomic E-state index is -2.37. The van der Waals surface area contributed by atoms with Gasteiger partial charge in [-0.05, 0) is 6.92 Å². The van der Waals surface area contributed by atoms with Crippen molar-refractivity contribution in [1.82, 2.24) is 0 Å². The molecule has 0 bridgehead atoms. The summed E-state index contributed by atoms with van der Waals surface area (Å²) in [5, 5.41) is 2.67. The quantitative estimate of drug-likeness (QED) is 0.158. The van der Waals surface area contributed by atoms with E-state index in [2.05, 4.69) is 5.32 Å². The second-order valence-corrected chi connectivity index (χ2v) is 8.05. The van der Waals surface area contributed by atoms with Gasteiger partial charge >= 0.3 is 0 Å². The van der Waals surface area contributed by atoms with Crippen LogP contribution in [-0.4, -0.2) is 33.9 Å². The second kappa shape index (κ2) is 5.61. The first kappa shape index (κ1) is 22.9. The summed E-state index contributed by atoms with van der Waals surface area (Å²) in [7, 11) is 0. The summed E-state index contributed by atoms with van der Waals surface area (Å²) in [5.74, 6) is 0. The van der Waals surface area contributed by atoms with Gasteiger partial charge in [0.2, 0.25) is 0 Å². The van der Waals surface area contributed by atoms with Crippen LogP contribution < -0.4 is 91.3 Å². The Hall–Kier alpha value is -2.38. The van der Waals surface area contributed by atoms with Crippen LogP contribution in [0.25, 0.3) is 0 Å². The predicted molar refractivity (Wildman–Crippen MR) is 116 cm³/mol. The van der Waals surface area contributed by atoms with Crippen molar-refractivity contribution in [3.63, 3.8) is 0 Å². The Morgan fingerprint density at radius 1 is 0.483 bits per heavy atom. The first-order valence-electron chi connectivity index (χ1n) is 8.33. The smallest absolute Gasteiger partial charge is 0.156 e. The first-order valence-corrected chi connectivity index (χ1v) is 8.33. The van der Waals surface area contributed by atoms with E-state index in [9.17, 15) is 0 Å². The Morgan fingerprint density at radius 3 is 1.07 bits per heavy atom. The van der Waals surface area contributed by atoms with E-state index in [1.54, 1.807) is 0 Å². The standard InChI is InChI=1S/C13H34N16/c1-8(19)9(20,21)11(24,25)13(28,12(26,27)10(8,22)23)29-7-5(17)3(15)2(14)4(16)6(7)18/h29H,14-28H2,1H3. The molecule has 1 saturated carbocycles. The van der Waals surface area contributed by atoms with Gasteiger partial charge in [-0.15, -0.1) is 0 Å². The summed E-state index contributed by atoms with van der Waals surface area (Å²) in [4.78, 5) is 0. The van der Waals surface area contributed by atoms with Gasteiger partial charge in [-0.1, -0.05) is 0 Å². The number of nitrogens with one attached hydrogen (secondary N) is 1. The number of nitrogen functional groups attached to an aromatic ring is 5.